The Morgan fingerprint density at radius 3 is 2.59 bits per heavy atom. The number of nitrogens with zero attached hydrogens (tertiary/aromatic N) is 2. The summed E-state index contributed by atoms with van der Waals surface area (Å²) in [4.78, 5) is 13.5. The molecule has 3 aromatic rings. The molecule has 0 spiro atoms. The molecule has 7 heteroatoms. The molecular formula is C25H29ClN4O2. The molecule has 0 unspecified atom stereocenters. The highest BCUT2D eigenvalue weighted by atomic mass is 35.5. The van der Waals surface area contributed by atoms with Crippen LogP contribution in [0.3, 0.4) is 0 Å². The van der Waals surface area contributed by atoms with Crippen LogP contribution in [-0.4, -0.2) is 35.9 Å². The van der Waals surface area contributed by atoms with Gasteiger partial charge < -0.3 is 15.4 Å². The molecule has 0 aliphatic carbocycles. The fourth-order valence-electron chi connectivity index (χ4n) is 4.38. The molecule has 4 rings (SSSR count). The first-order valence-electron chi connectivity index (χ1n) is 10.9. The van der Waals surface area contributed by atoms with Gasteiger partial charge in [0.15, 0.2) is 0 Å². The minimum absolute atomic E-state index is 0.199. The second kappa shape index (κ2) is 9.35. The van der Waals surface area contributed by atoms with Crippen LogP contribution in [0.25, 0.3) is 5.69 Å². The van der Waals surface area contributed by atoms with Gasteiger partial charge in [0.2, 0.25) is 0 Å². The first-order valence-corrected chi connectivity index (χ1v) is 11.3. The Morgan fingerprint density at radius 2 is 1.91 bits per heavy atom. The van der Waals surface area contributed by atoms with Crippen LogP contribution in [0.15, 0.2) is 36.5 Å². The number of rotatable bonds is 5. The van der Waals surface area contributed by atoms with Crippen LogP contribution in [0.4, 0.5) is 5.69 Å². The normalized spacial score (nSPS) is 14.4. The van der Waals surface area contributed by atoms with Gasteiger partial charge in [-0.25, -0.2) is 4.68 Å². The van der Waals surface area contributed by atoms with Crippen LogP contribution in [0.5, 0.6) is 5.75 Å². The first kappa shape index (κ1) is 22.4. The Hall–Kier alpha value is -2.83. The summed E-state index contributed by atoms with van der Waals surface area (Å²) in [5.41, 5.74) is 6.34. The van der Waals surface area contributed by atoms with Gasteiger partial charge in [0.25, 0.3) is 5.91 Å². The third-order valence-corrected chi connectivity index (χ3v) is 6.49. The van der Waals surface area contributed by atoms with Crippen molar-refractivity contribution in [1.82, 2.24) is 15.1 Å². The summed E-state index contributed by atoms with van der Waals surface area (Å²) in [7, 11) is 1.56. The number of piperidine rings is 1. The van der Waals surface area contributed by atoms with Crippen molar-refractivity contribution in [2.24, 2.45) is 0 Å². The molecule has 1 saturated heterocycles. The lowest BCUT2D eigenvalue weighted by Crippen LogP contribution is -2.29. The van der Waals surface area contributed by atoms with E-state index in [0.29, 0.717) is 22.0 Å². The van der Waals surface area contributed by atoms with E-state index in [1.165, 1.54) is 5.56 Å². The van der Waals surface area contributed by atoms with Gasteiger partial charge in [-0.15, -0.1) is 0 Å². The topological polar surface area (TPSA) is 68.2 Å². The zero-order valence-corrected chi connectivity index (χ0v) is 19.7. The average molecular weight is 453 g/mol. The highest BCUT2D eigenvalue weighted by Gasteiger charge is 2.28. The van der Waals surface area contributed by atoms with Crippen molar-refractivity contribution < 1.29 is 9.53 Å². The number of aromatic nitrogens is 2. The van der Waals surface area contributed by atoms with Crippen molar-refractivity contribution in [3.8, 4) is 11.4 Å². The third-order valence-electron chi connectivity index (χ3n) is 6.09. The molecular weight excluding hydrogens is 424 g/mol. The van der Waals surface area contributed by atoms with E-state index in [9.17, 15) is 4.79 Å². The molecule has 1 aliphatic rings. The lowest BCUT2D eigenvalue weighted by molar-refractivity contribution is 0.102. The zero-order valence-electron chi connectivity index (χ0n) is 19.0. The van der Waals surface area contributed by atoms with Crippen LogP contribution in [-0.2, 0) is 0 Å². The minimum Gasteiger partial charge on any atom is -0.495 e. The maximum atomic E-state index is 13.5. The van der Waals surface area contributed by atoms with E-state index < -0.39 is 0 Å². The van der Waals surface area contributed by atoms with Gasteiger partial charge in [-0.2, -0.15) is 5.10 Å². The molecule has 2 aromatic carbocycles. The number of ether oxygens (including phenoxy) is 1. The van der Waals surface area contributed by atoms with Gasteiger partial charge in [0.05, 0.1) is 35.9 Å². The number of anilines is 1. The van der Waals surface area contributed by atoms with Gasteiger partial charge in [-0.05, 0) is 70.0 Å². The SMILES string of the molecule is COc1cc(Cl)c(C)cc1NC(=O)c1cnn(-c2ccc(C)cc2C)c1C1CCNCC1. The quantitative estimate of drug-likeness (QED) is 0.559. The van der Waals surface area contributed by atoms with Crippen molar-refractivity contribution in [3.63, 3.8) is 0 Å². The average Bonchev–Trinajstić information content (AvgIpc) is 3.21. The summed E-state index contributed by atoms with van der Waals surface area (Å²) in [6, 6.07) is 9.86. The van der Waals surface area contributed by atoms with Gasteiger partial charge in [-0.1, -0.05) is 29.3 Å². The van der Waals surface area contributed by atoms with Crippen LogP contribution < -0.4 is 15.4 Å². The summed E-state index contributed by atoms with van der Waals surface area (Å²) >= 11 is 6.23. The molecule has 2 N–H and O–H groups in total. The van der Waals surface area contributed by atoms with Crippen LogP contribution in [0.1, 0.15) is 51.5 Å². The van der Waals surface area contributed by atoms with Crippen LogP contribution >= 0.6 is 11.6 Å². The van der Waals surface area contributed by atoms with Crippen molar-refractivity contribution >= 4 is 23.2 Å². The molecule has 0 radical (unpaired) electrons. The van der Waals surface area contributed by atoms with Gasteiger partial charge in [0, 0.05) is 17.0 Å². The Balaban J connectivity index is 1.76. The molecule has 0 bridgehead atoms. The summed E-state index contributed by atoms with van der Waals surface area (Å²) in [5.74, 6) is 0.572. The van der Waals surface area contributed by atoms with Gasteiger partial charge in [-0.3, -0.25) is 4.79 Å². The molecule has 1 aliphatic heterocycles. The van der Waals surface area contributed by atoms with E-state index in [1.807, 2.05) is 17.7 Å². The van der Waals surface area contributed by atoms with E-state index in [4.69, 9.17) is 16.3 Å². The highest BCUT2D eigenvalue weighted by Crippen LogP contribution is 2.34. The summed E-state index contributed by atoms with van der Waals surface area (Å²) < 4.78 is 7.39. The number of halogens is 1. The van der Waals surface area contributed by atoms with Crippen molar-refractivity contribution in [1.29, 1.82) is 0 Å². The van der Waals surface area contributed by atoms with E-state index in [-0.39, 0.29) is 11.8 Å². The second-order valence-corrected chi connectivity index (χ2v) is 8.83. The van der Waals surface area contributed by atoms with Gasteiger partial charge >= 0.3 is 0 Å². The number of hydrogen-bond donors (Lipinski definition) is 2. The van der Waals surface area contributed by atoms with Crippen molar-refractivity contribution in [2.75, 3.05) is 25.5 Å². The largest absolute Gasteiger partial charge is 0.495 e. The number of methoxy groups -OCH3 is 1. The fourth-order valence-corrected chi connectivity index (χ4v) is 4.53. The minimum atomic E-state index is -0.199. The molecule has 168 valence electrons. The first-order chi connectivity index (χ1) is 15.4. The molecule has 32 heavy (non-hydrogen) atoms. The number of aryl methyl sites for hydroxylation is 3. The van der Waals surface area contributed by atoms with Crippen LogP contribution in [0, 0.1) is 20.8 Å². The van der Waals surface area contributed by atoms with E-state index in [0.717, 1.165) is 48.4 Å². The van der Waals surface area contributed by atoms with E-state index in [1.54, 1.807) is 19.4 Å². The number of hydrogen-bond acceptors (Lipinski definition) is 4. The van der Waals surface area contributed by atoms with Crippen molar-refractivity contribution in [2.45, 2.75) is 39.5 Å². The molecule has 0 atom stereocenters. The highest BCUT2D eigenvalue weighted by molar-refractivity contribution is 6.31. The third kappa shape index (κ3) is 4.38. The summed E-state index contributed by atoms with van der Waals surface area (Å²) in [6.07, 6.45) is 3.60. The number of carbonyl (C=O) groups is 1. The van der Waals surface area contributed by atoms with Gasteiger partial charge in [0.1, 0.15) is 5.75 Å². The summed E-state index contributed by atoms with van der Waals surface area (Å²) in [6.45, 7) is 7.91. The maximum absolute atomic E-state index is 13.5. The van der Waals surface area contributed by atoms with E-state index >= 15 is 0 Å². The Bertz CT molecular complexity index is 1150. The van der Waals surface area contributed by atoms with E-state index in [2.05, 4.69) is 47.8 Å². The number of carbonyl (C=O) groups excluding carboxylic acids is 1. The smallest absolute Gasteiger partial charge is 0.259 e. The lowest BCUT2D eigenvalue weighted by Gasteiger charge is -2.25. The molecule has 1 amide bonds. The van der Waals surface area contributed by atoms with Crippen molar-refractivity contribution in [3.05, 3.63) is 69.5 Å². The summed E-state index contributed by atoms with van der Waals surface area (Å²) in [5, 5.41) is 11.7. The predicted octanol–water partition coefficient (Wildman–Crippen LogP) is 5.18. The molecule has 0 saturated carbocycles. The molecule has 1 aromatic heterocycles. The maximum Gasteiger partial charge on any atom is 0.259 e. The number of benzene rings is 2. The number of amides is 1. The molecule has 6 nitrogen and oxygen atoms in total. The monoisotopic (exact) mass is 452 g/mol. The Kier molecular flexibility index (Phi) is 6.53. The predicted molar refractivity (Wildman–Crippen MR) is 129 cm³/mol. The standard InChI is InChI=1S/C25H29ClN4O2/c1-15-5-6-22(17(3)11-15)30-24(18-7-9-27-10-8-18)19(14-28-30)25(31)29-21-12-16(2)20(26)13-23(21)32-4/h5-6,11-14,18,27H,7-10H2,1-4H3,(H,29,31). The number of nitrogens with one attached hydrogen (secondary N) is 2. The lowest BCUT2D eigenvalue weighted by atomic mass is 9.91. The Labute approximate surface area is 193 Å². The van der Waals surface area contributed by atoms with Crippen LogP contribution in [0.2, 0.25) is 5.02 Å². The fraction of sp³-hybridized carbons (Fsp3) is 0.360. The molecule has 1 fully saturated rings. The zero-order chi connectivity index (χ0) is 22.8. The Morgan fingerprint density at radius 1 is 1.16 bits per heavy atom. The second-order valence-electron chi connectivity index (χ2n) is 8.43. The molecule has 2 heterocycles.